The summed E-state index contributed by atoms with van der Waals surface area (Å²) in [6, 6.07) is 6.15. The van der Waals surface area contributed by atoms with E-state index in [1.165, 1.54) is 32.4 Å². The summed E-state index contributed by atoms with van der Waals surface area (Å²) in [5.41, 5.74) is 0.0301. The number of rotatable bonds is 2. The van der Waals surface area contributed by atoms with Gasteiger partial charge < -0.3 is 9.47 Å². The zero-order chi connectivity index (χ0) is 12.1. The van der Waals surface area contributed by atoms with Crippen LogP contribution in [0.1, 0.15) is 26.3 Å². The van der Waals surface area contributed by atoms with Crippen molar-refractivity contribution < 1.29 is 19.1 Å². The van der Waals surface area contributed by atoms with E-state index in [-0.39, 0.29) is 16.7 Å². The molecule has 0 aliphatic heterocycles. The second-order valence-electron chi connectivity index (χ2n) is 2.82. The van der Waals surface area contributed by atoms with Gasteiger partial charge in [-0.25, -0.2) is 9.59 Å². The SMILES string of the molecule is COC(=O)c1cccc(C#N)c1C(=O)OC. The van der Waals surface area contributed by atoms with Gasteiger partial charge in [0.05, 0.1) is 30.9 Å². The minimum absolute atomic E-state index is 0.0217. The summed E-state index contributed by atoms with van der Waals surface area (Å²) in [6.45, 7) is 0. The second-order valence-corrected chi connectivity index (χ2v) is 2.82. The minimum atomic E-state index is -0.738. The number of carbonyl (C=O) groups is 2. The van der Waals surface area contributed by atoms with E-state index in [0.29, 0.717) is 0 Å². The van der Waals surface area contributed by atoms with Gasteiger partial charge in [0.2, 0.25) is 0 Å². The number of ether oxygens (including phenoxy) is 2. The molecule has 0 heterocycles. The minimum Gasteiger partial charge on any atom is -0.465 e. The Morgan fingerprint density at radius 2 is 1.81 bits per heavy atom. The average Bonchev–Trinajstić information content (AvgIpc) is 2.35. The van der Waals surface area contributed by atoms with Crippen LogP contribution in [0.5, 0.6) is 0 Å². The molecule has 5 nitrogen and oxygen atoms in total. The number of esters is 2. The zero-order valence-corrected chi connectivity index (χ0v) is 8.81. The standard InChI is InChI=1S/C11H9NO4/c1-15-10(13)8-5-3-4-7(6-12)9(8)11(14)16-2/h3-5H,1-2H3. The first-order valence-electron chi connectivity index (χ1n) is 4.35. The monoisotopic (exact) mass is 219 g/mol. The van der Waals surface area contributed by atoms with Crippen molar-refractivity contribution in [1.29, 1.82) is 5.26 Å². The molecule has 0 aliphatic carbocycles. The lowest BCUT2D eigenvalue weighted by atomic mass is 10.0. The number of nitriles is 1. The van der Waals surface area contributed by atoms with Gasteiger partial charge in [0.25, 0.3) is 0 Å². The third-order valence-electron chi connectivity index (χ3n) is 1.98. The van der Waals surface area contributed by atoms with Crippen LogP contribution in [-0.4, -0.2) is 26.2 Å². The van der Waals surface area contributed by atoms with Crippen LogP contribution in [0, 0.1) is 11.3 Å². The smallest absolute Gasteiger partial charge is 0.340 e. The predicted molar refractivity (Wildman–Crippen MR) is 53.8 cm³/mol. The number of nitrogens with zero attached hydrogens (tertiary/aromatic N) is 1. The van der Waals surface area contributed by atoms with Crippen LogP contribution in [0.25, 0.3) is 0 Å². The van der Waals surface area contributed by atoms with Crippen molar-refractivity contribution in [2.45, 2.75) is 0 Å². The Morgan fingerprint density at radius 3 is 2.31 bits per heavy atom. The fourth-order valence-corrected chi connectivity index (χ4v) is 1.25. The van der Waals surface area contributed by atoms with Gasteiger partial charge in [0, 0.05) is 0 Å². The molecule has 16 heavy (non-hydrogen) atoms. The Morgan fingerprint density at radius 1 is 1.19 bits per heavy atom. The van der Waals surface area contributed by atoms with Crippen molar-refractivity contribution in [2.75, 3.05) is 14.2 Å². The average molecular weight is 219 g/mol. The van der Waals surface area contributed by atoms with Crippen molar-refractivity contribution in [2.24, 2.45) is 0 Å². The molecule has 5 heteroatoms. The molecular formula is C11H9NO4. The van der Waals surface area contributed by atoms with E-state index < -0.39 is 11.9 Å². The van der Waals surface area contributed by atoms with Crippen molar-refractivity contribution in [1.82, 2.24) is 0 Å². The van der Waals surface area contributed by atoms with E-state index in [1.807, 2.05) is 6.07 Å². The molecule has 0 aromatic heterocycles. The van der Waals surface area contributed by atoms with Gasteiger partial charge in [-0.3, -0.25) is 0 Å². The number of carbonyl (C=O) groups excluding carboxylic acids is 2. The molecule has 0 amide bonds. The van der Waals surface area contributed by atoms with E-state index >= 15 is 0 Å². The Labute approximate surface area is 92.2 Å². The maximum atomic E-state index is 11.5. The number of methoxy groups -OCH3 is 2. The molecule has 1 aromatic rings. The molecule has 0 saturated carbocycles. The van der Waals surface area contributed by atoms with E-state index in [2.05, 4.69) is 9.47 Å². The van der Waals surface area contributed by atoms with Crippen molar-refractivity contribution in [3.05, 3.63) is 34.9 Å². The summed E-state index contributed by atoms with van der Waals surface area (Å²) < 4.78 is 9.03. The van der Waals surface area contributed by atoms with E-state index in [0.717, 1.165) is 0 Å². The predicted octanol–water partition coefficient (Wildman–Crippen LogP) is 1.13. The molecule has 0 spiro atoms. The first-order chi connectivity index (χ1) is 7.65. The molecule has 1 rings (SSSR count). The van der Waals surface area contributed by atoms with Gasteiger partial charge >= 0.3 is 11.9 Å². The molecule has 1 aromatic carbocycles. The Hall–Kier alpha value is -2.35. The molecule has 82 valence electrons. The topological polar surface area (TPSA) is 76.4 Å². The molecule has 0 aliphatic rings. The molecular weight excluding hydrogens is 210 g/mol. The van der Waals surface area contributed by atoms with Gasteiger partial charge in [-0.1, -0.05) is 6.07 Å². The van der Waals surface area contributed by atoms with E-state index in [1.54, 1.807) is 0 Å². The number of benzene rings is 1. The van der Waals surface area contributed by atoms with Crippen LogP contribution in [0.2, 0.25) is 0 Å². The summed E-state index contributed by atoms with van der Waals surface area (Å²) in [5.74, 6) is -1.42. The summed E-state index contributed by atoms with van der Waals surface area (Å²) in [5, 5.41) is 8.83. The molecule has 0 N–H and O–H groups in total. The first kappa shape index (κ1) is 11.7. The summed E-state index contributed by atoms with van der Waals surface area (Å²) in [6.07, 6.45) is 0. The summed E-state index contributed by atoms with van der Waals surface area (Å²) >= 11 is 0. The van der Waals surface area contributed by atoms with Crippen molar-refractivity contribution in [3.63, 3.8) is 0 Å². The van der Waals surface area contributed by atoms with Crippen molar-refractivity contribution in [3.8, 4) is 6.07 Å². The van der Waals surface area contributed by atoms with Crippen LogP contribution < -0.4 is 0 Å². The van der Waals surface area contributed by atoms with Crippen LogP contribution in [-0.2, 0) is 9.47 Å². The lowest BCUT2D eigenvalue weighted by Crippen LogP contribution is -2.13. The molecule has 0 bridgehead atoms. The molecule has 0 atom stereocenters. The molecule has 0 unspecified atom stereocenters. The van der Waals surface area contributed by atoms with Gasteiger partial charge in [-0.05, 0) is 12.1 Å². The molecule has 0 radical (unpaired) electrons. The summed E-state index contributed by atoms with van der Waals surface area (Å²) in [4.78, 5) is 22.8. The van der Waals surface area contributed by atoms with E-state index in [9.17, 15) is 9.59 Å². The Bertz CT molecular complexity index is 473. The van der Waals surface area contributed by atoms with Crippen molar-refractivity contribution >= 4 is 11.9 Å². The summed E-state index contributed by atoms with van der Waals surface area (Å²) in [7, 11) is 2.37. The van der Waals surface area contributed by atoms with Gasteiger partial charge in [-0.15, -0.1) is 0 Å². The van der Waals surface area contributed by atoms with Gasteiger partial charge in [0.1, 0.15) is 6.07 Å². The first-order valence-corrected chi connectivity index (χ1v) is 4.35. The number of hydrogen-bond acceptors (Lipinski definition) is 5. The highest BCUT2D eigenvalue weighted by atomic mass is 16.5. The van der Waals surface area contributed by atoms with E-state index in [4.69, 9.17) is 5.26 Å². The lowest BCUT2D eigenvalue weighted by molar-refractivity contribution is 0.0555. The Kier molecular flexibility index (Phi) is 3.62. The highest BCUT2D eigenvalue weighted by Gasteiger charge is 2.21. The fraction of sp³-hybridized carbons (Fsp3) is 0.182. The largest absolute Gasteiger partial charge is 0.465 e. The molecule has 0 fully saturated rings. The maximum absolute atomic E-state index is 11.5. The highest BCUT2D eigenvalue weighted by molar-refractivity contribution is 6.04. The van der Waals surface area contributed by atoms with Gasteiger partial charge in [-0.2, -0.15) is 5.26 Å². The lowest BCUT2D eigenvalue weighted by Gasteiger charge is -2.07. The zero-order valence-electron chi connectivity index (χ0n) is 8.81. The fourth-order valence-electron chi connectivity index (χ4n) is 1.25. The maximum Gasteiger partial charge on any atom is 0.340 e. The normalized spacial score (nSPS) is 9.06. The second kappa shape index (κ2) is 4.94. The third kappa shape index (κ3) is 2.01. The van der Waals surface area contributed by atoms with Crippen LogP contribution in [0.15, 0.2) is 18.2 Å². The van der Waals surface area contributed by atoms with Crippen LogP contribution >= 0.6 is 0 Å². The quantitative estimate of drug-likeness (QED) is 0.697. The highest BCUT2D eigenvalue weighted by Crippen LogP contribution is 2.16. The third-order valence-corrected chi connectivity index (χ3v) is 1.98. The number of hydrogen-bond donors (Lipinski definition) is 0. The van der Waals surface area contributed by atoms with Gasteiger partial charge in [0.15, 0.2) is 0 Å². The van der Waals surface area contributed by atoms with Crippen LogP contribution in [0.3, 0.4) is 0 Å². The van der Waals surface area contributed by atoms with Crippen LogP contribution in [0.4, 0.5) is 0 Å². The molecule has 0 saturated heterocycles. The Balaban J connectivity index is 3.45.